The van der Waals surface area contributed by atoms with Crippen molar-refractivity contribution in [2.75, 3.05) is 7.11 Å². The Morgan fingerprint density at radius 1 is 1.11 bits per heavy atom. The molecule has 1 N–H and O–H groups in total. The van der Waals surface area contributed by atoms with Crippen molar-refractivity contribution in [3.8, 4) is 5.75 Å². The minimum absolute atomic E-state index is 0.0713. The maximum atomic E-state index is 14.1. The van der Waals surface area contributed by atoms with Crippen LogP contribution in [0.1, 0.15) is 85.5 Å². The highest BCUT2D eigenvalue weighted by atomic mass is 16.5. The number of ether oxygens (including phenoxy) is 1. The maximum Gasteiger partial charge on any atom is 0.158 e. The Bertz CT molecular complexity index is 1190. The van der Waals surface area contributed by atoms with Crippen LogP contribution >= 0.6 is 0 Å². The van der Waals surface area contributed by atoms with Gasteiger partial charge in [0.1, 0.15) is 17.8 Å². The summed E-state index contributed by atoms with van der Waals surface area (Å²) in [6.45, 7) is 9.63. The van der Waals surface area contributed by atoms with Crippen LogP contribution in [0.2, 0.25) is 0 Å². The molecule has 0 radical (unpaired) electrons. The van der Waals surface area contributed by atoms with E-state index in [-0.39, 0.29) is 11.3 Å². The molecule has 4 saturated carbocycles. The van der Waals surface area contributed by atoms with E-state index in [2.05, 4.69) is 31.1 Å². The molecule has 6 rings (SSSR count). The number of hydrogen-bond donors (Lipinski definition) is 1. The van der Waals surface area contributed by atoms with Crippen molar-refractivity contribution < 1.29 is 14.6 Å². The number of methoxy groups -OCH3 is 1. The molecule has 1 heterocycles. The van der Waals surface area contributed by atoms with Gasteiger partial charge in [-0.15, -0.1) is 5.10 Å². The number of carbonyl (C=O) groups is 1. The summed E-state index contributed by atoms with van der Waals surface area (Å²) in [5, 5.41) is 19.5. The van der Waals surface area contributed by atoms with Crippen LogP contribution in [0.15, 0.2) is 18.2 Å². The fourth-order valence-corrected chi connectivity index (χ4v) is 10.1. The van der Waals surface area contributed by atoms with Gasteiger partial charge < -0.3 is 9.84 Å². The Hall–Kier alpha value is -1.95. The first-order chi connectivity index (χ1) is 17.6. The van der Waals surface area contributed by atoms with Gasteiger partial charge in [0.25, 0.3) is 0 Å². The first kappa shape index (κ1) is 25.3. The van der Waals surface area contributed by atoms with Crippen molar-refractivity contribution in [2.24, 2.45) is 46.3 Å². The molecular formula is C31H45N3O3. The van der Waals surface area contributed by atoms with Crippen molar-refractivity contribution in [3.05, 3.63) is 18.2 Å². The zero-order valence-electron chi connectivity index (χ0n) is 23.4. The van der Waals surface area contributed by atoms with Crippen molar-refractivity contribution in [3.63, 3.8) is 0 Å². The van der Waals surface area contributed by atoms with Gasteiger partial charge in [-0.25, -0.2) is 4.68 Å². The number of ketones is 1. The average Bonchev–Trinajstić information content (AvgIpc) is 3.41. The topological polar surface area (TPSA) is 77.2 Å². The standard InChI is InChI=1S/C31H45N3O3/c1-6-19-15-24-22-9-7-20-17-29(2,36)13-14-30(20,3)23(22)11-12-31(24,4)28(19)27(35)18-34-26-10-8-21(37-5)16-25(26)32-33-34/h8,10,16,19-20,22-24,28,36H,6-7,9,11-15,17-18H2,1-5H3/t19?,20-,22+,23-,24?,28?,29+,30-,31-/m0/s1. The molecule has 3 unspecified atom stereocenters. The summed E-state index contributed by atoms with van der Waals surface area (Å²) in [4.78, 5) is 14.1. The van der Waals surface area contributed by atoms with E-state index >= 15 is 0 Å². The second kappa shape index (κ2) is 8.79. The lowest BCUT2D eigenvalue weighted by Crippen LogP contribution is -2.55. The Labute approximate surface area is 221 Å². The predicted octanol–water partition coefficient (Wildman–Crippen LogP) is 6.06. The Balaban J connectivity index is 1.26. The van der Waals surface area contributed by atoms with Crippen LogP contribution in [0, 0.1) is 46.3 Å². The third-order valence-corrected chi connectivity index (χ3v) is 12.0. The van der Waals surface area contributed by atoms with Crippen molar-refractivity contribution in [1.82, 2.24) is 15.0 Å². The Morgan fingerprint density at radius 3 is 2.68 bits per heavy atom. The number of rotatable bonds is 5. The normalized spacial score (nSPS) is 43.2. The number of fused-ring (bicyclic) bond motifs is 6. The first-order valence-corrected chi connectivity index (χ1v) is 14.7. The van der Waals surface area contributed by atoms with Crippen LogP contribution < -0.4 is 4.74 Å². The first-order valence-electron chi connectivity index (χ1n) is 14.7. The highest BCUT2D eigenvalue weighted by molar-refractivity contribution is 5.84. The van der Waals surface area contributed by atoms with E-state index in [4.69, 9.17) is 4.74 Å². The van der Waals surface area contributed by atoms with Gasteiger partial charge in [-0.1, -0.05) is 32.4 Å². The van der Waals surface area contributed by atoms with Crippen LogP contribution in [0.3, 0.4) is 0 Å². The van der Waals surface area contributed by atoms with Gasteiger partial charge in [-0.3, -0.25) is 4.79 Å². The number of aliphatic hydroxyl groups is 1. The molecule has 6 heteroatoms. The van der Waals surface area contributed by atoms with Gasteiger partial charge in [0.15, 0.2) is 5.78 Å². The molecule has 0 amide bonds. The van der Waals surface area contributed by atoms with Crippen LogP contribution in [0.4, 0.5) is 0 Å². The lowest BCUT2D eigenvalue weighted by atomic mass is 9.44. The number of Topliss-reactive ketones (excluding diaryl/α,β-unsaturated/α-hetero) is 1. The zero-order chi connectivity index (χ0) is 26.2. The van der Waals surface area contributed by atoms with Gasteiger partial charge in [0.2, 0.25) is 0 Å². The van der Waals surface area contributed by atoms with E-state index < -0.39 is 5.60 Å². The van der Waals surface area contributed by atoms with Gasteiger partial charge in [-0.2, -0.15) is 0 Å². The number of nitrogens with zero attached hydrogens (tertiary/aromatic N) is 3. The van der Waals surface area contributed by atoms with E-state index in [9.17, 15) is 9.90 Å². The predicted molar refractivity (Wildman–Crippen MR) is 144 cm³/mol. The molecule has 2 aromatic rings. The fraction of sp³-hybridized carbons (Fsp3) is 0.774. The van der Waals surface area contributed by atoms with Gasteiger partial charge in [-0.05, 0) is 111 Å². The molecule has 4 fully saturated rings. The van der Waals surface area contributed by atoms with E-state index in [0.717, 1.165) is 60.7 Å². The molecule has 9 atom stereocenters. The molecule has 37 heavy (non-hydrogen) atoms. The molecule has 6 nitrogen and oxygen atoms in total. The van der Waals surface area contributed by atoms with Crippen molar-refractivity contribution in [1.29, 1.82) is 0 Å². The summed E-state index contributed by atoms with van der Waals surface area (Å²) in [7, 11) is 1.65. The van der Waals surface area contributed by atoms with Crippen LogP contribution in [0.25, 0.3) is 11.0 Å². The molecule has 0 aliphatic heterocycles. The van der Waals surface area contributed by atoms with Crippen LogP contribution in [-0.2, 0) is 11.3 Å². The van der Waals surface area contributed by atoms with E-state index in [0.29, 0.717) is 35.5 Å². The monoisotopic (exact) mass is 507 g/mol. The quantitative estimate of drug-likeness (QED) is 0.533. The smallest absolute Gasteiger partial charge is 0.158 e. The summed E-state index contributed by atoms with van der Waals surface area (Å²) >= 11 is 0. The summed E-state index contributed by atoms with van der Waals surface area (Å²) in [5.41, 5.74) is 1.59. The van der Waals surface area contributed by atoms with Gasteiger partial charge in [0.05, 0.1) is 18.2 Å². The average molecular weight is 508 g/mol. The zero-order valence-corrected chi connectivity index (χ0v) is 23.4. The molecule has 0 spiro atoms. The lowest BCUT2D eigenvalue weighted by molar-refractivity contribution is -0.151. The number of carbonyl (C=O) groups excluding carboxylic acids is 1. The third kappa shape index (κ3) is 3.87. The molecule has 4 aliphatic carbocycles. The third-order valence-electron chi connectivity index (χ3n) is 12.0. The SMILES string of the molecule is CCC1CC2[C@@H]3CC[C@H]4C[C@](C)(O)CC[C@]4(C)[C@H]3CC[C@]2(C)C1C(=O)Cn1nnc2cc(OC)ccc21. The number of hydrogen-bond acceptors (Lipinski definition) is 5. The van der Waals surface area contributed by atoms with Crippen molar-refractivity contribution >= 4 is 16.8 Å². The molecule has 1 aromatic heterocycles. The second-order valence-corrected chi connectivity index (χ2v) is 13.9. The molecule has 0 saturated heterocycles. The molecular weight excluding hydrogens is 462 g/mol. The fourth-order valence-electron chi connectivity index (χ4n) is 10.1. The lowest BCUT2D eigenvalue weighted by Gasteiger charge is -2.61. The van der Waals surface area contributed by atoms with E-state index in [1.54, 1.807) is 11.8 Å². The molecule has 4 aliphatic rings. The largest absolute Gasteiger partial charge is 0.497 e. The minimum atomic E-state index is -0.491. The molecule has 1 aromatic carbocycles. The van der Waals surface area contributed by atoms with Gasteiger partial charge in [0, 0.05) is 12.0 Å². The minimum Gasteiger partial charge on any atom is -0.497 e. The highest BCUT2D eigenvalue weighted by Crippen LogP contribution is 2.69. The Morgan fingerprint density at radius 2 is 1.92 bits per heavy atom. The van der Waals surface area contributed by atoms with Crippen LogP contribution in [0.5, 0.6) is 5.75 Å². The Kier molecular flexibility index (Phi) is 6.02. The summed E-state index contributed by atoms with van der Waals surface area (Å²) in [5.74, 6) is 4.36. The number of benzene rings is 1. The number of aromatic nitrogens is 3. The van der Waals surface area contributed by atoms with Crippen molar-refractivity contribution in [2.45, 2.75) is 97.6 Å². The van der Waals surface area contributed by atoms with Gasteiger partial charge >= 0.3 is 0 Å². The molecule has 202 valence electrons. The maximum absolute atomic E-state index is 14.1. The summed E-state index contributed by atoms with van der Waals surface area (Å²) in [6.07, 6.45) is 10.2. The summed E-state index contributed by atoms with van der Waals surface area (Å²) in [6, 6.07) is 5.76. The summed E-state index contributed by atoms with van der Waals surface area (Å²) < 4.78 is 7.13. The molecule has 0 bridgehead atoms. The van der Waals surface area contributed by atoms with E-state index in [1.807, 2.05) is 25.1 Å². The van der Waals surface area contributed by atoms with E-state index in [1.165, 1.54) is 25.7 Å². The van der Waals surface area contributed by atoms with Crippen LogP contribution in [-0.4, -0.2) is 38.6 Å². The second-order valence-electron chi connectivity index (χ2n) is 13.9. The highest BCUT2D eigenvalue weighted by Gasteiger charge is 2.63.